The molecule has 0 bridgehead atoms. The third-order valence-electron chi connectivity index (χ3n) is 4.20. The lowest BCUT2D eigenvalue weighted by Crippen LogP contribution is -2.27. The van der Waals surface area contributed by atoms with Crippen molar-refractivity contribution >= 4 is 0 Å². The number of hydrogen-bond acceptors (Lipinski definition) is 5. The third kappa shape index (κ3) is 2.95. The normalized spacial score (nSPS) is 18.0. The predicted molar refractivity (Wildman–Crippen MR) is 79.7 cm³/mol. The molecule has 0 radical (unpaired) electrons. The van der Waals surface area contributed by atoms with Gasteiger partial charge in [0.1, 0.15) is 0 Å². The molecule has 1 aliphatic rings. The van der Waals surface area contributed by atoms with Gasteiger partial charge in [0.05, 0.1) is 12.1 Å². The molecule has 0 saturated heterocycles. The second-order valence-corrected chi connectivity index (χ2v) is 5.93. The summed E-state index contributed by atoms with van der Waals surface area (Å²) in [6.45, 7) is 0. The van der Waals surface area contributed by atoms with Crippen molar-refractivity contribution in [3.63, 3.8) is 0 Å². The maximum Gasteiger partial charge on any atom is 0.173 e. The van der Waals surface area contributed by atoms with Gasteiger partial charge < -0.3 is 0 Å². The molecule has 2 aromatic rings. The van der Waals surface area contributed by atoms with Crippen molar-refractivity contribution in [1.29, 1.82) is 0 Å². The maximum absolute atomic E-state index is 4.32. The van der Waals surface area contributed by atoms with Crippen molar-refractivity contribution in [2.45, 2.75) is 44.2 Å². The van der Waals surface area contributed by atoms with Crippen LogP contribution in [0.4, 0.5) is 0 Å². The van der Waals surface area contributed by atoms with E-state index in [-0.39, 0.29) is 6.04 Å². The fourth-order valence-corrected chi connectivity index (χ4v) is 3.18. The fraction of sp³-hybridized carbons (Fsp3) is 0.600. The van der Waals surface area contributed by atoms with Gasteiger partial charge in [-0.25, -0.2) is 4.68 Å². The lowest BCUT2D eigenvalue weighted by Gasteiger charge is -2.27. The molecule has 3 rings (SSSR count). The average molecular weight is 286 g/mol. The summed E-state index contributed by atoms with van der Waals surface area (Å²) in [5, 5.41) is 12.5. The fourth-order valence-electron chi connectivity index (χ4n) is 3.18. The topological polar surface area (TPSA) is 59.7 Å². The summed E-state index contributed by atoms with van der Waals surface area (Å²) < 4.78 is 2.04. The molecule has 6 nitrogen and oxygen atoms in total. The summed E-state index contributed by atoms with van der Waals surface area (Å²) in [6.07, 6.45) is 9.89. The zero-order valence-electron chi connectivity index (χ0n) is 12.7. The zero-order chi connectivity index (χ0) is 14.7. The third-order valence-corrected chi connectivity index (χ3v) is 4.20. The smallest absolute Gasteiger partial charge is 0.173 e. The van der Waals surface area contributed by atoms with Gasteiger partial charge in [-0.3, -0.25) is 9.88 Å². The molecule has 0 amide bonds. The quantitative estimate of drug-likeness (QED) is 0.862. The van der Waals surface area contributed by atoms with Gasteiger partial charge in [0.15, 0.2) is 5.82 Å². The van der Waals surface area contributed by atoms with E-state index >= 15 is 0 Å². The Hall–Kier alpha value is -1.82. The van der Waals surface area contributed by atoms with Gasteiger partial charge in [0, 0.05) is 12.4 Å². The zero-order valence-corrected chi connectivity index (χ0v) is 12.7. The van der Waals surface area contributed by atoms with E-state index in [1.54, 1.807) is 6.20 Å². The van der Waals surface area contributed by atoms with E-state index < -0.39 is 0 Å². The second kappa shape index (κ2) is 6.30. The van der Waals surface area contributed by atoms with Crippen LogP contribution in [-0.4, -0.2) is 44.2 Å². The molecule has 2 heterocycles. The van der Waals surface area contributed by atoms with Crippen LogP contribution < -0.4 is 0 Å². The molecule has 21 heavy (non-hydrogen) atoms. The molecule has 6 heteroatoms. The molecule has 0 aliphatic heterocycles. The Morgan fingerprint density at radius 3 is 2.71 bits per heavy atom. The Morgan fingerprint density at radius 1 is 1.24 bits per heavy atom. The number of aromatic nitrogens is 5. The van der Waals surface area contributed by atoms with Gasteiger partial charge >= 0.3 is 0 Å². The van der Waals surface area contributed by atoms with Crippen molar-refractivity contribution in [3.05, 3.63) is 35.9 Å². The van der Waals surface area contributed by atoms with Gasteiger partial charge in [0.25, 0.3) is 0 Å². The Kier molecular flexibility index (Phi) is 4.24. The molecule has 0 spiro atoms. The number of rotatable bonds is 4. The summed E-state index contributed by atoms with van der Waals surface area (Å²) in [4.78, 5) is 6.38. The highest BCUT2D eigenvalue weighted by atomic mass is 15.6. The van der Waals surface area contributed by atoms with Gasteiger partial charge in [-0.15, -0.1) is 5.10 Å². The number of tetrazole rings is 1. The average Bonchev–Trinajstić information content (AvgIpc) is 2.98. The van der Waals surface area contributed by atoms with Gasteiger partial charge in [0.2, 0.25) is 0 Å². The highest BCUT2D eigenvalue weighted by Crippen LogP contribution is 2.31. The van der Waals surface area contributed by atoms with E-state index in [0.29, 0.717) is 6.04 Å². The van der Waals surface area contributed by atoms with Crippen LogP contribution in [0.1, 0.15) is 55.6 Å². The van der Waals surface area contributed by atoms with Gasteiger partial charge in [-0.05, 0) is 49.0 Å². The van der Waals surface area contributed by atoms with Crippen LogP contribution in [0, 0.1) is 0 Å². The first kappa shape index (κ1) is 14.1. The first-order valence-electron chi connectivity index (χ1n) is 7.61. The summed E-state index contributed by atoms with van der Waals surface area (Å²) in [5.41, 5.74) is 1.12. The first-order valence-corrected chi connectivity index (χ1v) is 7.61. The molecular weight excluding hydrogens is 264 g/mol. The molecule has 1 atom stereocenters. The van der Waals surface area contributed by atoms with Crippen LogP contribution in [0.5, 0.6) is 0 Å². The molecular formula is C15H22N6. The number of hydrogen-bond donors (Lipinski definition) is 0. The molecule has 1 aliphatic carbocycles. The number of pyridine rings is 1. The second-order valence-electron chi connectivity index (χ2n) is 5.93. The summed E-state index contributed by atoms with van der Waals surface area (Å²) in [6, 6.07) is 4.51. The lowest BCUT2D eigenvalue weighted by atomic mass is 9.95. The van der Waals surface area contributed by atoms with Gasteiger partial charge in [-0.2, -0.15) is 0 Å². The molecule has 112 valence electrons. The molecule has 1 saturated carbocycles. The standard InChI is InChI=1S/C15H22N6/c1-20(2)14(12-7-6-10-16-11-12)15-17-18-19-21(15)13-8-4-3-5-9-13/h6-7,10-11,13-14H,3-5,8-9H2,1-2H3/t14-/m0/s1. The highest BCUT2D eigenvalue weighted by molar-refractivity contribution is 5.21. The van der Waals surface area contributed by atoms with Crippen LogP contribution in [0.15, 0.2) is 24.5 Å². The Bertz CT molecular complexity index is 559. The lowest BCUT2D eigenvalue weighted by molar-refractivity contribution is 0.276. The molecule has 0 aromatic carbocycles. The van der Waals surface area contributed by atoms with E-state index in [0.717, 1.165) is 11.4 Å². The summed E-state index contributed by atoms with van der Waals surface area (Å²) in [7, 11) is 4.11. The predicted octanol–water partition coefficient (Wildman–Crippen LogP) is 2.22. The van der Waals surface area contributed by atoms with Crippen molar-refractivity contribution in [2.24, 2.45) is 0 Å². The minimum Gasteiger partial charge on any atom is -0.296 e. The van der Waals surface area contributed by atoms with E-state index in [9.17, 15) is 0 Å². The van der Waals surface area contributed by atoms with Crippen molar-refractivity contribution in [2.75, 3.05) is 14.1 Å². The largest absolute Gasteiger partial charge is 0.296 e. The van der Waals surface area contributed by atoms with E-state index in [4.69, 9.17) is 0 Å². The summed E-state index contributed by atoms with van der Waals surface area (Å²) >= 11 is 0. The SMILES string of the molecule is CN(C)[C@@H](c1cccnc1)c1nnnn1C1CCCCC1. The Morgan fingerprint density at radius 2 is 2.05 bits per heavy atom. The Labute approximate surface area is 125 Å². The first-order chi connectivity index (χ1) is 10.3. The van der Waals surface area contributed by atoms with Crippen LogP contribution in [-0.2, 0) is 0 Å². The van der Waals surface area contributed by atoms with Crippen molar-refractivity contribution in [1.82, 2.24) is 30.1 Å². The Balaban J connectivity index is 1.95. The molecule has 1 fully saturated rings. The monoisotopic (exact) mass is 286 g/mol. The van der Waals surface area contributed by atoms with Crippen molar-refractivity contribution < 1.29 is 0 Å². The van der Waals surface area contributed by atoms with Crippen LogP contribution in [0.3, 0.4) is 0 Å². The van der Waals surface area contributed by atoms with Gasteiger partial charge in [-0.1, -0.05) is 25.3 Å². The minimum atomic E-state index is 0.0376. The molecule has 2 aromatic heterocycles. The minimum absolute atomic E-state index is 0.0376. The maximum atomic E-state index is 4.32. The van der Waals surface area contributed by atoms with Crippen LogP contribution in [0.2, 0.25) is 0 Å². The molecule has 0 unspecified atom stereocenters. The van der Waals surface area contributed by atoms with Crippen LogP contribution >= 0.6 is 0 Å². The van der Waals surface area contributed by atoms with E-state index in [1.165, 1.54) is 32.1 Å². The van der Waals surface area contributed by atoms with Crippen LogP contribution in [0.25, 0.3) is 0 Å². The van der Waals surface area contributed by atoms with Crippen molar-refractivity contribution in [3.8, 4) is 0 Å². The summed E-state index contributed by atoms with van der Waals surface area (Å²) in [5.74, 6) is 0.917. The number of nitrogens with zero attached hydrogens (tertiary/aromatic N) is 6. The molecule has 0 N–H and O–H groups in total. The van der Waals surface area contributed by atoms with E-state index in [1.807, 2.05) is 16.9 Å². The van der Waals surface area contributed by atoms with E-state index in [2.05, 4.69) is 45.6 Å². The highest BCUT2D eigenvalue weighted by Gasteiger charge is 2.27.